The van der Waals surface area contributed by atoms with Crippen LogP contribution in [0, 0.1) is 22.7 Å². The van der Waals surface area contributed by atoms with E-state index in [4.69, 9.17) is 44.0 Å². The maximum Gasteiger partial charge on any atom is 0.411 e. The van der Waals surface area contributed by atoms with Crippen LogP contribution in [0.1, 0.15) is 96.0 Å². The molecule has 9 N–H and O–H groups in total. The number of aryl methyl sites for hydroxylation is 1. The number of rotatable bonds is 44. The number of fused-ring (bicyclic) bond motifs is 7. The number of imide groups is 1. The number of carboxylic acids is 1. The number of carbonyl (C=O) groups excluding carboxylic acids is 18. The van der Waals surface area contributed by atoms with Crippen molar-refractivity contribution in [2.75, 3.05) is 178 Å². The van der Waals surface area contributed by atoms with Crippen molar-refractivity contribution >= 4 is 141 Å². The summed E-state index contributed by atoms with van der Waals surface area (Å²) in [6.45, 7) is -3.33. The summed E-state index contributed by atoms with van der Waals surface area (Å²) in [7, 11) is 12.6. The second kappa shape index (κ2) is 47.5. The average Bonchev–Trinajstić information content (AvgIpc) is 1.46. The Kier molecular flexibility index (Phi) is 36.6. The number of thiophene rings is 1. The number of aliphatic carboxylic acids is 1. The topological polar surface area (TPSA) is 579 Å². The van der Waals surface area contributed by atoms with Crippen LogP contribution < -0.4 is 26.0 Å². The molecule has 7 aliphatic rings. The predicted octanol–water partition coefficient (Wildman–Crippen LogP) is -0.689. The molecule has 3 aliphatic heterocycles. The first kappa shape index (κ1) is 112. The molecule has 49 heteroatoms. The Morgan fingerprint density at radius 3 is 1.68 bits per heavy atom. The van der Waals surface area contributed by atoms with Crippen LogP contribution in [0.15, 0.2) is 109 Å². The Labute approximate surface area is 841 Å². The maximum absolute atomic E-state index is 18.5. The van der Waals surface area contributed by atoms with Gasteiger partial charge in [0.25, 0.3) is 24.2 Å². The van der Waals surface area contributed by atoms with E-state index in [0.29, 0.717) is 17.0 Å². The number of nitrogens with two attached hydrogens (primary N) is 1. The zero-order valence-electron chi connectivity index (χ0n) is 82.8. The van der Waals surface area contributed by atoms with Gasteiger partial charge >= 0.3 is 12.1 Å². The highest BCUT2D eigenvalue weighted by Crippen LogP contribution is 2.73. The number of Topliss-reactive ketones (excluding diaryl/α,β-unsaturated/α-hetero) is 1. The molecule has 0 spiro atoms. The Balaban J connectivity index is 0.671. The van der Waals surface area contributed by atoms with Crippen molar-refractivity contribution in [1.82, 2.24) is 59.2 Å². The molecule has 46 nitrogen and oxygen atoms in total. The highest BCUT2D eigenvalue weighted by atomic mass is 32.1. The van der Waals surface area contributed by atoms with Crippen LogP contribution in [-0.4, -0.2) is 415 Å². The molecule has 4 heterocycles. The van der Waals surface area contributed by atoms with Crippen LogP contribution in [0.2, 0.25) is 0 Å². The number of aliphatic hydroxyl groups is 4. The molecule has 1 aromatic heterocycles. The zero-order chi connectivity index (χ0) is 107. The number of anilines is 3. The molecule has 5 fully saturated rings. The second-order valence-corrected chi connectivity index (χ2v) is 38.8. The third-order valence-electron chi connectivity index (χ3n) is 27.4. The predicted molar refractivity (Wildman–Crippen MR) is 509 cm³/mol. The summed E-state index contributed by atoms with van der Waals surface area (Å²) in [5, 5.41) is 58.8. The number of hydrogen-bond acceptors (Lipinski definition) is 32. The van der Waals surface area contributed by atoms with Crippen LogP contribution in [-0.2, 0) is 129 Å². The van der Waals surface area contributed by atoms with Gasteiger partial charge in [-0.2, -0.15) is 0 Å². The molecule has 4 aliphatic carbocycles. The van der Waals surface area contributed by atoms with Crippen LogP contribution in [0.4, 0.5) is 30.6 Å². The molecule has 4 aromatic rings. The summed E-state index contributed by atoms with van der Waals surface area (Å²) in [6, 6.07) is 18.9. The van der Waals surface area contributed by atoms with E-state index in [2.05, 4.69) is 10.6 Å². The number of likely N-dealkylation sites (N-methyl/N-ethyl adjacent to an activating group) is 10. The number of carboxylic acid groups (broad SMARTS) is 1. The van der Waals surface area contributed by atoms with Gasteiger partial charge in [0.1, 0.15) is 56.7 Å². The molecule has 15 amide bonds. The van der Waals surface area contributed by atoms with Gasteiger partial charge in [0.15, 0.2) is 29.1 Å². The van der Waals surface area contributed by atoms with Crippen molar-refractivity contribution in [3.05, 3.63) is 141 Å². The van der Waals surface area contributed by atoms with Gasteiger partial charge in [0, 0.05) is 148 Å². The third-order valence-corrected chi connectivity index (χ3v) is 28.5. The van der Waals surface area contributed by atoms with E-state index < -0.39 is 294 Å². The Morgan fingerprint density at radius 1 is 0.610 bits per heavy atom. The van der Waals surface area contributed by atoms with E-state index in [0.717, 1.165) is 93.5 Å². The van der Waals surface area contributed by atoms with Crippen LogP contribution in [0.5, 0.6) is 5.75 Å². The Morgan fingerprint density at radius 2 is 1.15 bits per heavy atom. The summed E-state index contributed by atoms with van der Waals surface area (Å²) in [5.41, 5.74) is -0.252. The molecular weight excluding hydrogens is 1940 g/mol. The maximum atomic E-state index is 18.5. The third kappa shape index (κ3) is 25.2. The minimum atomic E-state index is -2.51. The van der Waals surface area contributed by atoms with Gasteiger partial charge in [-0.3, -0.25) is 95.9 Å². The van der Waals surface area contributed by atoms with Crippen LogP contribution in [0.25, 0.3) is 0 Å². The molecule has 3 aromatic carbocycles. The van der Waals surface area contributed by atoms with E-state index in [9.17, 15) is 107 Å². The number of aliphatic hydroxyl groups excluding tert-OH is 4. The minimum absolute atomic E-state index is 0.00384. The van der Waals surface area contributed by atoms with Crippen LogP contribution >= 0.6 is 11.3 Å². The molecule has 3 saturated carbocycles. The number of allylic oxidation sites excluding steroid dienone is 4. The fourth-order valence-electron chi connectivity index (χ4n) is 18.9. The molecule has 15 atom stereocenters. The normalized spacial score (nSPS) is 24.0. The SMILES string of the molecule is CCN(COCC(=O)[C@@]12O[C@H](c3ccc(Cc4cccc(N)c4)s3)O[C@@H]1C[C@H]1[C@@H]3C[C@H](F)C4=CC(=O)C=C[C@]4(C)[C@@]3(F)[C@@H](O)C[C@@]12C)C(=O)OCc1ccc(O[C@@H]2O[C@H](OC=O)[C@@H](O)[C@H](O)[C@H]2O)c(NC(=O)CCNC(=O)CCc2ccc(N3C(=O)C=CC3=O)cc2C(=O)N(C)CC(=O)N(C)CC(=O)N(C)CC(=O)N(C)CC(=O)N(C)CC(=O)N(C)CC(=O)N(C)CC(=O)N(C)CC(=O)N(C)CC(=O)N(C)CC(=O)O)c1. The second-order valence-electron chi connectivity index (χ2n) is 37.6. The van der Waals surface area contributed by atoms with Gasteiger partial charge in [0.05, 0.1) is 87.4 Å². The standard InChI is InChI=1S/C97H121F2N15O31S/c1-14-113(52-139-51-70(118)97-71(143-90(145-97)68-24-22-60(146-68)33-54-16-15-17-57(100)32-54)38-62-63-37-65(98)64-36-59(116)28-30-94(64,2)96(63,99)69(117)39-95(62,97)3)93(138)140-50-55-18-23-67(142-92-88(136)86(134)87(135)91(144-92)141-53-115)66(34-55)102-73(120)29-31-101-72(119)25-20-56-19-21-58(114-74(121)26-27-75(114)122)35-61(56)89(137)112(13)48-84(131)110(11)46-82(129)108(9)44-80(127)106(7)42-78(125)104(5)40-76(123)103(4)41-77(124)105(6)43-79(126)107(8)45-81(128)109(10)47-83(130)111(12)49-85(132)133/h15-19,21-24,26-28,30,32,34-36,53,62-63,65,69,71,86-88,90-92,117,134-136H,14,20,25,29,31,33,37-52,100H2,1-13H3,(H,101,119)(H,102,120)(H,132,133)/t62-,63-,65-,69-,71+,86-,87-,88+,90+,91-,92+,94-,95-,96-,97+/m0/s1. The number of benzene rings is 3. The number of halogens is 2. The summed E-state index contributed by atoms with van der Waals surface area (Å²) in [5.74, 6) is -15.1. The highest BCUT2D eigenvalue weighted by molar-refractivity contribution is 7.12. The number of ether oxygens (including phenoxy) is 7. The Bertz CT molecular complexity index is 5810. The number of alkyl halides is 2. The number of nitrogens with one attached hydrogen (secondary N) is 2. The molecule has 0 radical (unpaired) electrons. The molecular formula is C97H121F2N15O31S. The molecule has 0 bridgehead atoms. The largest absolute Gasteiger partial charge is 0.480 e. The number of amides is 15. The summed E-state index contributed by atoms with van der Waals surface area (Å²) >= 11 is 1.37. The monoisotopic (exact) mass is 2060 g/mol. The number of hydrogen-bond donors (Lipinski definition) is 8. The average molecular weight is 2060 g/mol. The van der Waals surface area contributed by atoms with E-state index in [1.54, 1.807) is 26.0 Å². The fraction of sp³-hybridized carbons (Fsp3) is 0.515. The van der Waals surface area contributed by atoms with Crippen molar-refractivity contribution in [1.29, 1.82) is 0 Å². The van der Waals surface area contributed by atoms with E-state index in [1.165, 1.54) is 131 Å². The van der Waals surface area contributed by atoms with E-state index >= 15 is 13.6 Å². The number of nitrogens with zero attached hydrogens (tertiary/aromatic N) is 12. The lowest BCUT2D eigenvalue weighted by molar-refractivity contribution is -0.321. The fourth-order valence-corrected chi connectivity index (χ4v) is 19.9. The van der Waals surface area contributed by atoms with E-state index in [-0.39, 0.29) is 84.6 Å². The summed E-state index contributed by atoms with van der Waals surface area (Å²) in [4.78, 5) is 264. The number of nitrogen functional groups attached to an aromatic ring is 1. The minimum Gasteiger partial charge on any atom is -0.480 e. The summed E-state index contributed by atoms with van der Waals surface area (Å²) in [6.07, 6.45) is -12.4. The van der Waals surface area contributed by atoms with E-state index in [1.807, 2.05) is 24.3 Å². The number of carbonyl (C=O) groups is 19. The van der Waals surface area contributed by atoms with Gasteiger partial charge in [0.2, 0.25) is 77.6 Å². The van der Waals surface area contributed by atoms with Crippen molar-refractivity contribution in [3.63, 3.8) is 0 Å². The van der Waals surface area contributed by atoms with Gasteiger partial charge in [-0.15, -0.1) is 11.3 Å². The lowest BCUT2D eigenvalue weighted by Gasteiger charge is -2.63. The van der Waals surface area contributed by atoms with Crippen molar-refractivity contribution in [2.45, 2.75) is 139 Å². The first-order chi connectivity index (χ1) is 68.8. The van der Waals surface area contributed by atoms with Gasteiger partial charge < -0.3 is 119 Å². The van der Waals surface area contributed by atoms with Gasteiger partial charge in [-0.1, -0.05) is 37.3 Å². The zero-order valence-corrected chi connectivity index (χ0v) is 83.6. The Hall–Kier alpha value is -13.9. The van der Waals surface area contributed by atoms with Crippen LogP contribution in [0.3, 0.4) is 0 Å². The first-order valence-corrected chi connectivity index (χ1v) is 47.3. The number of ketones is 2. The molecule has 790 valence electrons. The lowest BCUT2D eigenvalue weighted by Crippen LogP contribution is -2.70. The molecule has 0 unspecified atom stereocenters. The lowest BCUT2D eigenvalue weighted by atomic mass is 9.44. The molecule has 2 saturated heterocycles. The van der Waals surface area contributed by atoms with Crippen molar-refractivity contribution in [2.24, 2.45) is 22.7 Å². The smallest absolute Gasteiger partial charge is 0.411 e. The quantitative estimate of drug-likeness (QED) is 0.0118. The van der Waals surface area contributed by atoms with Gasteiger partial charge in [-0.05, 0) is 128 Å². The van der Waals surface area contributed by atoms with Crippen molar-refractivity contribution in [3.8, 4) is 5.75 Å². The van der Waals surface area contributed by atoms with Crippen molar-refractivity contribution < 1.29 is 159 Å². The molecule has 146 heavy (non-hydrogen) atoms. The summed E-state index contributed by atoms with van der Waals surface area (Å²) < 4.78 is 76.8. The van der Waals surface area contributed by atoms with Gasteiger partial charge in [-0.25, -0.2) is 18.5 Å². The molecule has 11 rings (SSSR count). The first-order valence-electron chi connectivity index (χ1n) is 46.5. The highest BCUT2D eigenvalue weighted by Gasteiger charge is 2.80.